The molecule has 1 aromatic rings. The molecule has 0 amide bonds. The number of sulfone groups is 1. The molecule has 1 N–H and O–H groups in total. The maximum Gasteiger partial charge on any atom is 0.312 e. The summed E-state index contributed by atoms with van der Waals surface area (Å²) < 4.78 is 27.9. The molecule has 0 spiro atoms. The Balaban J connectivity index is 3.00. The summed E-state index contributed by atoms with van der Waals surface area (Å²) in [4.78, 5) is 10.5. The number of hydrogen-bond acceptors (Lipinski definition) is 6. The number of benzene rings is 1. The Kier molecular flexibility index (Phi) is 6.11. The molecule has 0 saturated carbocycles. The van der Waals surface area contributed by atoms with Crippen molar-refractivity contribution in [1.82, 2.24) is 0 Å². The van der Waals surface area contributed by atoms with Crippen molar-refractivity contribution < 1.29 is 23.2 Å². The molecule has 0 heterocycles. The van der Waals surface area contributed by atoms with E-state index < -0.39 is 20.9 Å². The first-order valence-electron chi connectivity index (χ1n) is 6.08. The van der Waals surface area contributed by atoms with Crippen LogP contribution in [0.4, 0.5) is 5.69 Å². The molecule has 0 radical (unpaired) electrons. The zero-order valence-electron chi connectivity index (χ0n) is 11.6. The number of nitro groups is 1. The van der Waals surface area contributed by atoms with Crippen molar-refractivity contribution in [3.05, 3.63) is 32.3 Å². The lowest BCUT2D eigenvalue weighted by Crippen LogP contribution is -2.10. The molecule has 0 fully saturated rings. The Labute approximate surface area is 131 Å². The molecule has 9 heteroatoms. The number of aliphatic hydroxyl groups excluding tert-OH is 1. The maximum atomic E-state index is 11.1. The number of nitrogens with zero attached hydrogens (tertiary/aromatic N) is 1. The van der Waals surface area contributed by atoms with E-state index in [0.717, 1.165) is 6.26 Å². The fourth-order valence-electron chi connectivity index (χ4n) is 1.70. The summed E-state index contributed by atoms with van der Waals surface area (Å²) in [6.45, 7) is 1.48. The second-order valence-electron chi connectivity index (χ2n) is 4.61. The minimum absolute atomic E-state index is 0.00919. The van der Waals surface area contributed by atoms with Gasteiger partial charge in [0.1, 0.15) is 9.84 Å². The standard InChI is InChI=1S/C12H16BrNO6S/c1-8(15)10-6-9(13)7-11(14(16)17)12(10)20-4-3-5-21(2,18)19/h6-8,15H,3-5H2,1-2H3/t8-/m1/s1. The lowest BCUT2D eigenvalue weighted by molar-refractivity contribution is -0.386. The van der Waals surface area contributed by atoms with Crippen molar-refractivity contribution in [3.8, 4) is 5.75 Å². The molecule has 0 bridgehead atoms. The molecular weight excluding hydrogens is 366 g/mol. The quantitative estimate of drug-likeness (QED) is 0.440. The first-order chi connectivity index (χ1) is 9.61. The zero-order chi connectivity index (χ0) is 16.2. The summed E-state index contributed by atoms with van der Waals surface area (Å²) in [6, 6.07) is 2.81. The molecule has 0 unspecified atom stereocenters. The first kappa shape index (κ1) is 17.9. The van der Waals surface area contributed by atoms with Crippen LogP contribution in [0.3, 0.4) is 0 Å². The molecule has 118 valence electrons. The number of rotatable bonds is 7. The normalized spacial score (nSPS) is 13.0. The molecule has 1 aromatic carbocycles. The van der Waals surface area contributed by atoms with Crippen LogP contribution < -0.4 is 4.74 Å². The van der Waals surface area contributed by atoms with Gasteiger partial charge in [-0.05, 0) is 19.4 Å². The highest BCUT2D eigenvalue weighted by molar-refractivity contribution is 9.10. The third-order valence-corrected chi connectivity index (χ3v) is 4.10. The van der Waals surface area contributed by atoms with Crippen molar-refractivity contribution in [2.24, 2.45) is 0 Å². The fourth-order valence-corrected chi connectivity index (χ4v) is 2.80. The Hall–Kier alpha value is -1.19. The van der Waals surface area contributed by atoms with E-state index in [1.54, 1.807) is 0 Å². The first-order valence-corrected chi connectivity index (χ1v) is 8.93. The van der Waals surface area contributed by atoms with Crippen molar-refractivity contribution in [2.45, 2.75) is 19.4 Å². The number of nitro benzene ring substituents is 1. The van der Waals surface area contributed by atoms with Crippen molar-refractivity contribution in [1.29, 1.82) is 0 Å². The number of ether oxygens (including phenoxy) is 1. The van der Waals surface area contributed by atoms with Crippen LogP contribution >= 0.6 is 15.9 Å². The fraction of sp³-hybridized carbons (Fsp3) is 0.500. The summed E-state index contributed by atoms with van der Waals surface area (Å²) >= 11 is 3.14. The largest absolute Gasteiger partial charge is 0.487 e. The van der Waals surface area contributed by atoms with E-state index in [1.807, 2.05) is 0 Å². The lowest BCUT2D eigenvalue weighted by atomic mass is 10.1. The van der Waals surface area contributed by atoms with Crippen LogP contribution in [0, 0.1) is 10.1 Å². The van der Waals surface area contributed by atoms with Crippen LogP contribution in [0.25, 0.3) is 0 Å². The number of hydrogen-bond donors (Lipinski definition) is 1. The minimum Gasteiger partial charge on any atom is -0.487 e. The van der Waals surface area contributed by atoms with Gasteiger partial charge in [-0.15, -0.1) is 0 Å². The smallest absolute Gasteiger partial charge is 0.312 e. The summed E-state index contributed by atoms with van der Waals surface area (Å²) in [5.41, 5.74) is -0.00457. The van der Waals surface area contributed by atoms with E-state index in [9.17, 15) is 23.6 Å². The van der Waals surface area contributed by atoms with Crippen LogP contribution in [0.15, 0.2) is 16.6 Å². The third-order valence-electron chi connectivity index (χ3n) is 2.62. The Bertz CT molecular complexity index is 629. The SMILES string of the molecule is C[C@@H](O)c1cc(Br)cc([N+](=O)[O-])c1OCCCS(C)(=O)=O. The molecular formula is C12H16BrNO6S. The van der Waals surface area contributed by atoms with E-state index in [-0.39, 0.29) is 35.8 Å². The maximum absolute atomic E-state index is 11.1. The summed E-state index contributed by atoms with van der Waals surface area (Å²) in [5, 5.41) is 20.8. The minimum atomic E-state index is -3.11. The van der Waals surface area contributed by atoms with Gasteiger partial charge in [-0.3, -0.25) is 10.1 Å². The number of aliphatic hydroxyl groups is 1. The van der Waals surface area contributed by atoms with Gasteiger partial charge >= 0.3 is 5.69 Å². The second kappa shape index (κ2) is 7.19. The van der Waals surface area contributed by atoms with E-state index in [4.69, 9.17) is 4.74 Å². The predicted octanol–water partition coefficient (Wildman–Crippen LogP) is 2.22. The topological polar surface area (TPSA) is 107 Å². The lowest BCUT2D eigenvalue weighted by Gasteiger charge is -2.14. The van der Waals surface area contributed by atoms with Crippen LogP contribution in [-0.2, 0) is 9.84 Å². The molecule has 1 atom stereocenters. The van der Waals surface area contributed by atoms with Gasteiger partial charge in [0, 0.05) is 22.4 Å². The van der Waals surface area contributed by atoms with E-state index >= 15 is 0 Å². The van der Waals surface area contributed by atoms with Gasteiger partial charge in [-0.1, -0.05) is 15.9 Å². The average molecular weight is 382 g/mol. The van der Waals surface area contributed by atoms with Gasteiger partial charge in [0.25, 0.3) is 0 Å². The monoisotopic (exact) mass is 381 g/mol. The van der Waals surface area contributed by atoms with Gasteiger partial charge in [-0.25, -0.2) is 8.42 Å². The van der Waals surface area contributed by atoms with Gasteiger partial charge in [0.15, 0.2) is 0 Å². The van der Waals surface area contributed by atoms with Crippen molar-refractivity contribution in [3.63, 3.8) is 0 Å². The predicted molar refractivity (Wildman–Crippen MR) is 81.3 cm³/mol. The molecule has 7 nitrogen and oxygen atoms in total. The van der Waals surface area contributed by atoms with E-state index in [1.165, 1.54) is 19.1 Å². The Morgan fingerprint density at radius 3 is 2.57 bits per heavy atom. The number of halogens is 1. The second-order valence-corrected chi connectivity index (χ2v) is 7.78. The van der Waals surface area contributed by atoms with E-state index in [2.05, 4.69) is 15.9 Å². The molecule has 1 rings (SSSR count). The van der Waals surface area contributed by atoms with Crippen molar-refractivity contribution in [2.75, 3.05) is 18.6 Å². The summed E-state index contributed by atoms with van der Waals surface area (Å²) in [7, 11) is -3.11. The molecule has 0 aliphatic carbocycles. The average Bonchev–Trinajstić information content (AvgIpc) is 2.33. The molecule has 0 aliphatic rings. The van der Waals surface area contributed by atoms with Crippen LogP contribution in [-0.4, -0.2) is 37.1 Å². The third kappa shape index (κ3) is 5.60. The Morgan fingerprint density at radius 1 is 1.48 bits per heavy atom. The van der Waals surface area contributed by atoms with Crippen LogP contribution in [0.1, 0.15) is 25.0 Å². The van der Waals surface area contributed by atoms with Gasteiger partial charge < -0.3 is 9.84 Å². The highest BCUT2D eigenvalue weighted by Crippen LogP contribution is 2.37. The summed E-state index contributed by atoms with van der Waals surface area (Å²) in [5.74, 6) is -0.104. The zero-order valence-corrected chi connectivity index (χ0v) is 14.0. The van der Waals surface area contributed by atoms with Crippen molar-refractivity contribution >= 4 is 31.5 Å². The Morgan fingerprint density at radius 2 is 2.10 bits per heavy atom. The van der Waals surface area contributed by atoms with Crippen LogP contribution in [0.5, 0.6) is 5.75 Å². The van der Waals surface area contributed by atoms with Gasteiger partial charge in [0.2, 0.25) is 5.75 Å². The van der Waals surface area contributed by atoms with E-state index in [0.29, 0.717) is 4.47 Å². The van der Waals surface area contributed by atoms with Crippen LogP contribution in [0.2, 0.25) is 0 Å². The highest BCUT2D eigenvalue weighted by Gasteiger charge is 2.23. The molecule has 0 aromatic heterocycles. The summed E-state index contributed by atoms with van der Waals surface area (Å²) in [6.07, 6.45) is 0.368. The highest BCUT2D eigenvalue weighted by atomic mass is 79.9. The molecule has 21 heavy (non-hydrogen) atoms. The molecule has 0 aliphatic heterocycles. The van der Waals surface area contributed by atoms with Gasteiger partial charge in [0.05, 0.1) is 23.4 Å². The molecule has 0 saturated heterocycles. The van der Waals surface area contributed by atoms with Gasteiger partial charge in [-0.2, -0.15) is 0 Å².